The van der Waals surface area contributed by atoms with Crippen molar-refractivity contribution in [1.29, 1.82) is 0 Å². The summed E-state index contributed by atoms with van der Waals surface area (Å²) in [5.41, 5.74) is 11.3. The molecule has 38 heavy (non-hydrogen) atoms. The second kappa shape index (κ2) is 20.9. The first kappa shape index (κ1) is 34.9. The molecular formula is C23H41N6O9-. The zero-order chi connectivity index (χ0) is 28.9. The molecule has 0 rings (SSSR count). The molecule has 0 radical (unpaired) electrons. The summed E-state index contributed by atoms with van der Waals surface area (Å²) >= 11 is 0. The van der Waals surface area contributed by atoms with E-state index in [1.54, 1.807) is 0 Å². The van der Waals surface area contributed by atoms with Gasteiger partial charge in [0.1, 0.15) is 17.9 Å². The minimum absolute atomic E-state index is 0.0250. The number of hydrogen-bond donors (Lipinski definition) is 6. The van der Waals surface area contributed by atoms with Gasteiger partial charge in [0.25, 0.3) is 0 Å². The van der Waals surface area contributed by atoms with E-state index >= 15 is 0 Å². The van der Waals surface area contributed by atoms with E-state index in [4.69, 9.17) is 20.9 Å². The van der Waals surface area contributed by atoms with Crippen LogP contribution < -0.4 is 37.8 Å². The van der Waals surface area contributed by atoms with Crippen molar-refractivity contribution in [2.75, 3.05) is 46.6 Å². The molecule has 0 aromatic carbocycles. The molecule has 0 aliphatic heterocycles. The average molecular weight is 546 g/mol. The minimum atomic E-state index is -1.61. The second-order valence-electron chi connectivity index (χ2n) is 8.49. The van der Waals surface area contributed by atoms with Gasteiger partial charge in [-0.3, -0.25) is 24.0 Å². The van der Waals surface area contributed by atoms with Crippen molar-refractivity contribution in [1.82, 2.24) is 21.3 Å². The molecule has 0 spiro atoms. The van der Waals surface area contributed by atoms with Gasteiger partial charge in [-0.25, -0.2) is 0 Å². The maximum absolute atomic E-state index is 13.0. The van der Waals surface area contributed by atoms with E-state index < -0.39 is 60.6 Å². The maximum atomic E-state index is 13.0. The van der Waals surface area contributed by atoms with Crippen LogP contribution >= 0.6 is 0 Å². The van der Waals surface area contributed by atoms with Crippen LogP contribution in [0.15, 0.2) is 0 Å². The van der Waals surface area contributed by atoms with E-state index in [0.29, 0.717) is 26.0 Å². The molecule has 0 heterocycles. The van der Waals surface area contributed by atoms with Crippen LogP contribution in [0.2, 0.25) is 0 Å². The number of carbonyl (C=O) groups is 6. The molecule has 4 amide bonds. The standard InChI is InChI=1S/C23H42N6O9/c1-15(30)6-8-26-19(31)13-17(28-21(34)16(25)5-3-4-7-24)23(36)29-18(14-20(32)33)22(35)27-9-10-38-12-11-37-2/h16-18H,3-14,24-25H2,1-2H3,(H,26,31)(H,27,35)(H,28,34)(H,29,36)(H,32,33)/p-1. The number of unbranched alkanes of at least 4 members (excludes halogenated alkanes) is 1. The molecular weight excluding hydrogens is 504 g/mol. The van der Waals surface area contributed by atoms with Crippen LogP contribution in [0.5, 0.6) is 0 Å². The number of hydrogen-bond acceptors (Lipinski definition) is 11. The Hall–Kier alpha value is -3.14. The SMILES string of the molecule is COCCOCCNC(=O)C(CC(=O)[O-])NC(=O)C(CC(=O)NCCC(C)=O)NC(=O)C(N)CCCCN. The molecule has 3 unspecified atom stereocenters. The highest BCUT2D eigenvalue weighted by atomic mass is 16.5. The number of nitrogens with two attached hydrogens (primary N) is 2. The molecule has 0 saturated heterocycles. The third-order valence-corrected chi connectivity index (χ3v) is 5.11. The summed E-state index contributed by atoms with van der Waals surface area (Å²) < 4.78 is 10.0. The van der Waals surface area contributed by atoms with Crippen LogP contribution in [0.25, 0.3) is 0 Å². The Labute approximate surface area is 222 Å². The number of ketones is 1. The molecule has 0 aromatic rings. The predicted octanol–water partition coefficient (Wildman–Crippen LogP) is -4.18. The number of methoxy groups -OCH3 is 1. The summed E-state index contributed by atoms with van der Waals surface area (Å²) in [6, 6.07) is -4.02. The Morgan fingerprint density at radius 1 is 0.842 bits per heavy atom. The first-order chi connectivity index (χ1) is 18.0. The number of ether oxygens (including phenoxy) is 2. The minimum Gasteiger partial charge on any atom is -0.550 e. The van der Waals surface area contributed by atoms with E-state index in [1.165, 1.54) is 14.0 Å². The van der Waals surface area contributed by atoms with Crippen LogP contribution in [-0.2, 0) is 38.2 Å². The summed E-state index contributed by atoms with van der Waals surface area (Å²) in [6.07, 6.45) is 0.163. The lowest BCUT2D eigenvalue weighted by Gasteiger charge is -2.24. The zero-order valence-corrected chi connectivity index (χ0v) is 22.0. The van der Waals surface area contributed by atoms with Gasteiger partial charge < -0.3 is 52.1 Å². The molecule has 0 aromatic heterocycles. The van der Waals surface area contributed by atoms with Crippen molar-refractivity contribution in [2.24, 2.45) is 11.5 Å². The van der Waals surface area contributed by atoms with Crippen LogP contribution in [0.3, 0.4) is 0 Å². The second-order valence-corrected chi connectivity index (χ2v) is 8.49. The maximum Gasteiger partial charge on any atom is 0.243 e. The normalized spacial score (nSPS) is 13.1. The molecule has 218 valence electrons. The summed E-state index contributed by atoms with van der Waals surface area (Å²) in [5.74, 6) is -4.94. The number of carboxylic acids is 1. The number of carbonyl (C=O) groups excluding carboxylic acids is 6. The number of amides is 4. The number of rotatable bonds is 22. The van der Waals surface area contributed by atoms with Gasteiger partial charge in [0.05, 0.1) is 32.3 Å². The highest BCUT2D eigenvalue weighted by Crippen LogP contribution is 2.02. The number of Topliss-reactive ketones (excluding diaryl/α,β-unsaturated/α-hetero) is 1. The third kappa shape index (κ3) is 17.3. The summed E-state index contributed by atoms with van der Waals surface area (Å²) in [5, 5.41) is 20.7. The van der Waals surface area contributed by atoms with Crippen molar-refractivity contribution in [2.45, 2.75) is 63.6 Å². The molecule has 8 N–H and O–H groups in total. The van der Waals surface area contributed by atoms with E-state index in [-0.39, 0.29) is 44.9 Å². The number of aliphatic carboxylic acids is 1. The van der Waals surface area contributed by atoms with Gasteiger partial charge >= 0.3 is 0 Å². The van der Waals surface area contributed by atoms with E-state index in [9.17, 15) is 33.9 Å². The van der Waals surface area contributed by atoms with Crippen molar-refractivity contribution in [3.8, 4) is 0 Å². The molecule has 0 aliphatic carbocycles. The summed E-state index contributed by atoms with van der Waals surface area (Å²) in [4.78, 5) is 72.7. The zero-order valence-electron chi connectivity index (χ0n) is 22.0. The molecule has 3 atom stereocenters. The first-order valence-corrected chi connectivity index (χ1v) is 12.4. The first-order valence-electron chi connectivity index (χ1n) is 12.4. The van der Waals surface area contributed by atoms with Gasteiger partial charge in [0, 0.05) is 39.0 Å². The molecule has 0 fully saturated rings. The fourth-order valence-electron chi connectivity index (χ4n) is 3.03. The molecule has 15 nitrogen and oxygen atoms in total. The topological polar surface area (TPSA) is 244 Å². The highest BCUT2D eigenvalue weighted by molar-refractivity contribution is 5.96. The van der Waals surface area contributed by atoms with Crippen LogP contribution in [0.1, 0.15) is 45.4 Å². The fourth-order valence-corrected chi connectivity index (χ4v) is 3.03. The third-order valence-electron chi connectivity index (χ3n) is 5.11. The number of carboxylic acid groups (broad SMARTS) is 1. The molecule has 0 aliphatic rings. The Balaban J connectivity index is 5.34. The summed E-state index contributed by atoms with van der Waals surface area (Å²) in [7, 11) is 1.50. The molecule has 15 heteroatoms. The lowest BCUT2D eigenvalue weighted by Crippen LogP contribution is -2.57. The monoisotopic (exact) mass is 545 g/mol. The predicted molar refractivity (Wildman–Crippen MR) is 133 cm³/mol. The summed E-state index contributed by atoms with van der Waals surface area (Å²) in [6.45, 7) is 2.57. The van der Waals surface area contributed by atoms with Crippen LogP contribution in [0.4, 0.5) is 0 Å². The van der Waals surface area contributed by atoms with Gasteiger partial charge in [-0.05, 0) is 26.3 Å². The lowest BCUT2D eigenvalue weighted by atomic mass is 10.1. The van der Waals surface area contributed by atoms with Crippen LogP contribution in [-0.4, -0.2) is 100 Å². The van der Waals surface area contributed by atoms with Crippen molar-refractivity contribution in [3.63, 3.8) is 0 Å². The van der Waals surface area contributed by atoms with Crippen LogP contribution in [0, 0.1) is 0 Å². The Bertz CT molecular complexity index is 780. The fraction of sp³-hybridized carbons (Fsp3) is 0.739. The van der Waals surface area contributed by atoms with Crippen molar-refractivity contribution < 1.29 is 43.3 Å². The van der Waals surface area contributed by atoms with Gasteiger partial charge in [-0.2, -0.15) is 0 Å². The quantitative estimate of drug-likeness (QED) is 0.0712. The lowest BCUT2D eigenvalue weighted by molar-refractivity contribution is -0.306. The average Bonchev–Trinajstić information content (AvgIpc) is 2.84. The van der Waals surface area contributed by atoms with Gasteiger partial charge in [0.2, 0.25) is 23.6 Å². The van der Waals surface area contributed by atoms with Crippen molar-refractivity contribution >= 4 is 35.4 Å². The molecule has 0 bridgehead atoms. The largest absolute Gasteiger partial charge is 0.550 e. The highest BCUT2D eigenvalue weighted by Gasteiger charge is 2.29. The Morgan fingerprint density at radius 2 is 1.50 bits per heavy atom. The van der Waals surface area contributed by atoms with Gasteiger partial charge in [0.15, 0.2) is 0 Å². The van der Waals surface area contributed by atoms with Gasteiger partial charge in [-0.1, -0.05) is 6.42 Å². The van der Waals surface area contributed by atoms with E-state index in [0.717, 1.165) is 0 Å². The number of nitrogens with one attached hydrogen (secondary N) is 4. The van der Waals surface area contributed by atoms with Gasteiger partial charge in [-0.15, -0.1) is 0 Å². The molecule has 0 saturated carbocycles. The van der Waals surface area contributed by atoms with E-state index in [2.05, 4.69) is 21.3 Å². The Kier molecular flexibility index (Phi) is 19.1. The Morgan fingerprint density at radius 3 is 2.11 bits per heavy atom. The van der Waals surface area contributed by atoms with Crippen molar-refractivity contribution in [3.05, 3.63) is 0 Å². The van der Waals surface area contributed by atoms with E-state index in [1.807, 2.05) is 0 Å². The smallest absolute Gasteiger partial charge is 0.243 e.